The molecule has 4 amide bonds. The number of nitrogens with one attached hydrogen (secondary N) is 2. The van der Waals surface area contributed by atoms with Gasteiger partial charge in [-0.2, -0.15) is 0 Å². The van der Waals surface area contributed by atoms with Gasteiger partial charge in [-0.3, -0.25) is 14.5 Å². The molecule has 3 fully saturated rings. The van der Waals surface area contributed by atoms with Crippen LogP contribution >= 0.6 is 0 Å². The summed E-state index contributed by atoms with van der Waals surface area (Å²) >= 11 is 0. The highest BCUT2D eigenvalue weighted by Crippen LogP contribution is 2.36. The topological polar surface area (TPSA) is 78.5 Å². The zero-order valence-electron chi connectivity index (χ0n) is 15.6. The molecule has 3 atom stereocenters. The summed E-state index contributed by atoms with van der Waals surface area (Å²) in [5.41, 5.74) is -0.767. The third-order valence-corrected chi connectivity index (χ3v) is 6.73. The first-order chi connectivity index (χ1) is 11.8. The van der Waals surface area contributed by atoms with Crippen LogP contribution in [0.15, 0.2) is 0 Å². The lowest BCUT2D eigenvalue weighted by Crippen LogP contribution is -2.51. The van der Waals surface area contributed by atoms with Crippen LogP contribution in [0.25, 0.3) is 0 Å². The monoisotopic (exact) mass is 349 g/mol. The molecule has 1 saturated heterocycles. The third-order valence-electron chi connectivity index (χ3n) is 6.73. The van der Waals surface area contributed by atoms with Gasteiger partial charge in [-0.05, 0) is 49.9 Å². The highest BCUT2D eigenvalue weighted by atomic mass is 16.2. The Kier molecular flexibility index (Phi) is 5.07. The van der Waals surface area contributed by atoms with Crippen LogP contribution in [0, 0.1) is 17.8 Å². The Balaban J connectivity index is 1.59. The van der Waals surface area contributed by atoms with Crippen molar-refractivity contribution >= 4 is 17.8 Å². The zero-order chi connectivity index (χ0) is 18.2. The molecule has 0 aromatic heterocycles. The van der Waals surface area contributed by atoms with Crippen LogP contribution in [0.5, 0.6) is 0 Å². The van der Waals surface area contributed by atoms with E-state index in [2.05, 4.69) is 31.4 Å². The van der Waals surface area contributed by atoms with E-state index >= 15 is 0 Å². The molecule has 2 aliphatic carbocycles. The van der Waals surface area contributed by atoms with E-state index in [1.54, 1.807) is 0 Å². The zero-order valence-corrected chi connectivity index (χ0v) is 15.6. The van der Waals surface area contributed by atoms with Crippen molar-refractivity contribution in [2.75, 3.05) is 6.54 Å². The van der Waals surface area contributed by atoms with Crippen molar-refractivity contribution in [2.24, 2.45) is 17.8 Å². The molecule has 6 nitrogen and oxygen atoms in total. The Morgan fingerprint density at radius 3 is 2.52 bits per heavy atom. The fraction of sp³-hybridized carbons (Fsp3) is 0.842. The Labute approximate surface area is 150 Å². The van der Waals surface area contributed by atoms with Gasteiger partial charge < -0.3 is 10.6 Å². The first-order valence-electron chi connectivity index (χ1n) is 9.76. The van der Waals surface area contributed by atoms with Gasteiger partial charge in [0.05, 0.1) is 0 Å². The number of urea groups is 1. The van der Waals surface area contributed by atoms with E-state index in [-0.39, 0.29) is 24.4 Å². The molecule has 1 aliphatic heterocycles. The average molecular weight is 349 g/mol. The van der Waals surface area contributed by atoms with Gasteiger partial charge in [0, 0.05) is 6.04 Å². The minimum atomic E-state index is -0.767. The maximum absolute atomic E-state index is 12.8. The second-order valence-electron chi connectivity index (χ2n) is 8.53. The van der Waals surface area contributed by atoms with Crippen molar-refractivity contribution in [3.63, 3.8) is 0 Å². The Morgan fingerprint density at radius 2 is 1.84 bits per heavy atom. The molecule has 1 heterocycles. The molecule has 25 heavy (non-hydrogen) atoms. The maximum Gasteiger partial charge on any atom is 0.325 e. The summed E-state index contributed by atoms with van der Waals surface area (Å²) in [4.78, 5) is 38.7. The smallest absolute Gasteiger partial charge is 0.325 e. The van der Waals surface area contributed by atoms with E-state index in [1.165, 1.54) is 6.42 Å². The van der Waals surface area contributed by atoms with Gasteiger partial charge in [0.2, 0.25) is 5.91 Å². The Hall–Kier alpha value is -1.59. The molecule has 3 aliphatic rings. The number of carbonyl (C=O) groups is 3. The molecular weight excluding hydrogens is 318 g/mol. The fourth-order valence-electron chi connectivity index (χ4n) is 4.60. The summed E-state index contributed by atoms with van der Waals surface area (Å²) in [7, 11) is 0. The van der Waals surface area contributed by atoms with Crippen molar-refractivity contribution < 1.29 is 14.4 Å². The Bertz CT molecular complexity index is 554. The quantitative estimate of drug-likeness (QED) is 0.768. The second kappa shape index (κ2) is 6.96. The standard InChI is InChI=1S/C19H31N3O3/c1-12-7-9-19(10-8-12)17(24)22(18(25)21-19)11-16(23)20-15-6-4-5-13(2)14(15)3/h12-15H,4-11H2,1-3H3,(H,20,23)(H,21,25)/t12?,13-,14+,15+,19?/m1/s1. The molecule has 1 spiro atoms. The number of hydrogen-bond donors (Lipinski definition) is 2. The molecule has 6 heteroatoms. The summed E-state index contributed by atoms with van der Waals surface area (Å²) in [6.07, 6.45) is 6.50. The lowest BCUT2D eigenvalue weighted by Gasteiger charge is -2.35. The number of imide groups is 1. The van der Waals surface area contributed by atoms with Crippen LogP contribution in [0.3, 0.4) is 0 Å². The summed E-state index contributed by atoms with van der Waals surface area (Å²) in [5, 5.41) is 5.92. The summed E-state index contributed by atoms with van der Waals surface area (Å²) in [6.45, 7) is 6.39. The lowest BCUT2D eigenvalue weighted by atomic mass is 9.77. The van der Waals surface area contributed by atoms with E-state index in [0.717, 1.165) is 30.6 Å². The van der Waals surface area contributed by atoms with Gasteiger partial charge in [0.1, 0.15) is 12.1 Å². The molecule has 2 N–H and O–H groups in total. The van der Waals surface area contributed by atoms with Crippen molar-refractivity contribution in [2.45, 2.75) is 77.3 Å². The molecule has 3 rings (SSSR count). The van der Waals surface area contributed by atoms with Crippen LogP contribution in [-0.2, 0) is 9.59 Å². The van der Waals surface area contributed by atoms with Gasteiger partial charge >= 0.3 is 6.03 Å². The highest BCUT2D eigenvalue weighted by molar-refractivity contribution is 6.09. The molecule has 0 aromatic rings. The SMILES string of the molecule is CC1CCC2(CC1)NC(=O)N(CC(=O)N[C@H]1CCC[C@@H](C)[C@@H]1C)C2=O. The van der Waals surface area contributed by atoms with Crippen molar-refractivity contribution in [3.05, 3.63) is 0 Å². The van der Waals surface area contributed by atoms with Crippen LogP contribution in [0.4, 0.5) is 4.79 Å². The summed E-state index contributed by atoms with van der Waals surface area (Å²) in [6, 6.07) is -0.277. The normalized spacial score (nSPS) is 38.8. The molecule has 2 saturated carbocycles. The molecule has 0 radical (unpaired) electrons. The van der Waals surface area contributed by atoms with Gasteiger partial charge in [-0.25, -0.2) is 4.79 Å². The average Bonchev–Trinajstić information content (AvgIpc) is 2.79. The highest BCUT2D eigenvalue weighted by Gasteiger charge is 2.52. The fourth-order valence-corrected chi connectivity index (χ4v) is 4.60. The second-order valence-corrected chi connectivity index (χ2v) is 8.53. The molecule has 0 aromatic carbocycles. The lowest BCUT2D eigenvalue weighted by molar-refractivity contribution is -0.136. The first-order valence-corrected chi connectivity index (χ1v) is 9.76. The van der Waals surface area contributed by atoms with E-state index in [0.29, 0.717) is 30.6 Å². The molecular formula is C19H31N3O3. The summed E-state index contributed by atoms with van der Waals surface area (Å²) in [5.74, 6) is 1.15. The first kappa shape index (κ1) is 18.2. The number of hydrogen-bond acceptors (Lipinski definition) is 3. The molecule has 0 unspecified atom stereocenters. The van der Waals surface area contributed by atoms with E-state index in [4.69, 9.17) is 0 Å². The maximum atomic E-state index is 12.8. The third kappa shape index (κ3) is 3.53. The van der Waals surface area contributed by atoms with E-state index in [9.17, 15) is 14.4 Å². The van der Waals surface area contributed by atoms with Crippen LogP contribution in [-0.4, -0.2) is 40.9 Å². The Morgan fingerprint density at radius 1 is 1.16 bits per heavy atom. The van der Waals surface area contributed by atoms with Crippen molar-refractivity contribution in [1.82, 2.24) is 15.5 Å². The minimum Gasteiger partial charge on any atom is -0.352 e. The summed E-state index contributed by atoms with van der Waals surface area (Å²) < 4.78 is 0. The van der Waals surface area contributed by atoms with Crippen LogP contribution in [0.2, 0.25) is 0 Å². The number of amides is 4. The number of rotatable bonds is 3. The molecule has 140 valence electrons. The van der Waals surface area contributed by atoms with Crippen molar-refractivity contribution in [3.8, 4) is 0 Å². The minimum absolute atomic E-state index is 0.140. The van der Waals surface area contributed by atoms with E-state index in [1.807, 2.05) is 0 Å². The largest absolute Gasteiger partial charge is 0.352 e. The van der Waals surface area contributed by atoms with Crippen molar-refractivity contribution in [1.29, 1.82) is 0 Å². The number of nitrogens with zero attached hydrogens (tertiary/aromatic N) is 1. The van der Waals surface area contributed by atoms with Crippen LogP contribution < -0.4 is 10.6 Å². The molecule has 0 bridgehead atoms. The number of carbonyl (C=O) groups excluding carboxylic acids is 3. The predicted molar refractivity (Wildman–Crippen MR) is 94.7 cm³/mol. The van der Waals surface area contributed by atoms with Crippen LogP contribution in [0.1, 0.15) is 65.7 Å². The van der Waals surface area contributed by atoms with Gasteiger partial charge in [-0.1, -0.05) is 33.6 Å². The van der Waals surface area contributed by atoms with Gasteiger partial charge in [0.25, 0.3) is 5.91 Å². The van der Waals surface area contributed by atoms with Gasteiger partial charge in [0.15, 0.2) is 0 Å². The van der Waals surface area contributed by atoms with Gasteiger partial charge in [-0.15, -0.1) is 0 Å². The van der Waals surface area contributed by atoms with E-state index < -0.39 is 11.6 Å². The predicted octanol–water partition coefficient (Wildman–Crippen LogP) is 2.43.